The van der Waals surface area contributed by atoms with Crippen LogP contribution in [-0.2, 0) is 4.74 Å². The van der Waals surface area contributed by atoms with E-state index in [1.54, 1.807) is 0 Å². The summed E-state index contributed by atoms with van der Waals surface area (Å²) in [6.07, 6.45) is 2.61. The lowest BCUT2D eigenvalue weighted by Gasteiger charge is -2.34. The Morgan fingerprint density at radius 2 is 1.94 bits per heavy atom. The monoisotopic (exact) mass is 242 g/mol. The number of likely N-dealkylation sites (tertiary alicyclic amines) is 1. The van der Waals surface area contributed by atoms with Crippen molar-refractivity contribution in [2.75, 3.05) is 46.4 Å². The molecule has 0 bridgehead atoms. The minimum atomic E-state index is 0.704. The van der Waals surface area contributed by atoms with Crippen molar-refractivity contribution in [2.45, 2.75) is 39.7 Å². The highest BCUT2D eigenvalue weighted by molar-refractivity contribution is 4.74. The summed E-state index contributed by atoms with van der Waals surface area (Å²) in [6, 6.07) is 0.704. The van der Waals surface area contributed by atoms with Crippen LogP contribution < -0.4 is 0 Å². The average molecular weight is 242 g/mol. The Labute approximate surface area is 107 Å². The Bertz CT molecular complexity index is 189. The van der Waals surface area contributed by atoms with Crippen molar-refractivity contribution in [1.29, 1.82) is 0 Å². The molecule has 0 atom stereocenters. The van der Waals surface area contributed by atoms with Gasteiger partial charge in [-0.05, 0) is 59.3 Å². The first-order valence-electron chi connectivity index (χ1n) is 7.13. The summed E-state index contributed by atoms with van der Waals surface area (Å²) >= 11 is 0. The van der Waals surface area contributed by atoms with Crippen LogP contribution in [0.25, 0.3) is 0 Å². The van der Waals surface area contributed by atoms with Crippen LogP contribution in [0.5, 0.6) is 0 Å². The van der Waals surface area contributed by atoms with Gasteiger partial charge in [-0.3, -0.25) is 0 Å². The molecule has 3 nitrogen and oxygen atoms in total. The maximum absolute atomic E-state index is 5.78. The maximum Gasteiger partial charge on any atom is 0.0593 e. The third-order valence-electron chi connectivity index (χ3n) is 3.89. The van der Waals surface area contributed by atoms with E-state index >= 15 is 0 Å². The van der Waals surface area contributed by atoms with Crippen LogP contribution in [0.15, 0.2) is 0 Å². The predicted molar refractivity (Wildman–Crippen MR) is 73.4 cm³/mol. The molecule has 0 saturated carbocycles. The summed E-state index contributed by atoms with van der Waals surface area (Å²) < 4.78 is 5.78. The first-order chi connectivity index (χ1) is 8.13. The molecule has 1 aliphatic rings. The molecule has 3 heteroatoms. The molecule has 102 valence electrons. The average Bonchev–Trinajstić information content (AvgIpc) is 2.34. The normalized spacial score (nSPS) is 19.4. The fourth-order valence-corrected chi connectivity index (χ4v) is 2.26. The molecule has 0 unspecified atom stereocenters. The lowest BCUT2D eigenvalue weighted by molar-refractivity contribution is 0.0515. The van der Waals surface area contributed by atoms with Gasteiger partial charge in [0, 0.05) is 19.2 Å². The van der Waals surface area contributed by atoms with Crippen molar-refractivity contribution in [3.8, 4) is 0 Å². The van der Waals surface area contributed by atoms with Crippen LogP contribution in [0.1, 0.15) is 33.6 Å². The lowest BCUT2D eigenvalue weighted by Crippen LogP contribution is -2.39. The van der Waals surface area contributed by atoms with Crippen LogP contribution >= 0.6 is 0 Å². The van der Waals surface area contributed by atoms with E-state index in [4.69, 9.17) is 4.74 Å². The smallest absolute Gasteiger partial charge is 0.0593 e. The molecule has 1 saturated heterocycles. The lowest BCUT2D eigenvalue weighted by atomic mass is 9.97. The van der Waals surface area contributed by atoms with Gasteiger partial charge in [-0.1, -0.05) is 6.92 Å². The number of likely N-dealkylation sites (N-methyl/N-ethyl adjacent to an activating group) is 1. The molecule has 1 aliphatic heterocycles. The Morgan fingerprint density at radius 1 is 1.29 bits per heavy atom. The molecule has 17 heavy (non-hydrogen) atoms. The summed E-state index contributed by atoms with van der Waals surface area (Å²) in [5.74, 6) is 0.789. The molecule has 0 aromatic rings. The van der Waals surface area contributed by atoms with Crippen LogP contribution in [0.2, 0.25) is 0 Å². The summed E-state index contributed by atoms with van der Waals surface area (Å²) in [4.78, 5) is 4.86. The van der Waals surface area contributed by atoms with E-state index in [1.807, 2.05) is 0 Å². The Morgan fingerprint density at radius 3 is 2.47 bits per heavy atom. The molecule has 1 rings (SSSR count). The largest absolute Gasteiger partial charge is 0.380 e. The highest BCUT2D eigenvalue weighted by Gasteiger charge is 2.20. The number of hydrogen-bond donors (Lipinski definition) is 0. The molecule has 0 aromatic heterocycles. The van der Waals surface area contributed by atoms with E-state index in [2.05, 4.69) is 37.6 Å². The predicted octanol–water partition coefficient (Wildman–Crippen LogP) is 2.08. The fourth-order valence-electron chi connectivity index (χ4n) is 2.26. The zero-order valence-corrected chi connectivity index (χ0v) is 12.1. The molecule has 0 aromatic carbocycles. The molecular weight excluding hydrogens is 212 g/mol. The molecule has 0 N–H and O–H groups in total. The van der Waals surface area contributed by atoms with Gasteiger partial charge in [0.25, 0.3) is 0 Å². The molecular formula is C14H30N2O. The number of nitrogens with zero attached hydrogens (tertiary/aromatic N) is 2. The van der Waals surface area contributed by atoms with E-state index in [0.717, 1.165) is 32.2 Å². The van der Waals surface area contributed by atoms with Crippen molar-refractivity contribution < 1.29 is 4.74 Å². The SMILES string of the molecule is CCN(C)CCOCC1CCN(C(C)C)CC1. The molecule has 1 fully saturated rings. The highest BCUT2D eigenvalue weighted by atomic mass is 16.5. The summed E-state index contributed by atoms with van der Waals surface area (Å²) in [5.41, 5.74) is 0. The van der Waals surface area contributed by atoms with Gasteiger partial charge in [0.05, 0.1) is 6.61 Å². The van der Waals surface area contributed by atoms with Gasteiger partial charge >= 0.3 is 0 Å². The minimum Gasteiger partial charge on any atom is -0.380 e. The first-order valence-corrected chi connectivity index (χ1v) is 7.13. The topological polar surface area (TPSA) is 15.7 Å². The summed E-state index contributed by atoms with van der Waals surface area (Å²) in [5, 5.41) is 0. The van der Waals surface area contributed by atoms with Gasteiger partial charge in [0.15, 0.2) is 0 Å². The molecule has 0 radical (unpaired) electrons. The second-order valence-electron chi connectivity index (χ2n) is 5.54. The molecule has 0 aliphatic carbocycles. The van der Waals surface area contributed by atoms with Crippen LogP contribution in [-0.4, -0.2) is 62.3 Å². The van der Waals surface area contributed by atoms with Crippen molar-refractivity contribution in [3.05, 3.63) is 0 Å². The van der Waals surface area contributed by atoms with E-state index in [1.165, 1.54) is 25.9 Å². The molecule has 0 spiro atoms. The minimum absolute atomic E-state index is 0.704. The summed E-state index contributed by atoms with van der Waals surface area (Å²) in [7, 11) is 2.14. The van der Waals surface area contributed by atoms with Crippen LogP contribution in [0.3, 0.4) is 0 Å². The zero-order valence-electron chi connectivity index (χ0n) is 12.1. The highest BCUT2D eigenvalue weighted by Crippen LogP contribution is 2.18. The van der Waals surface area contributed by atoms with Gasteiger partial charge in [0.2, 0.25) is 0 Å². The van der Waals surface area contributed by atoms with Gasteiger partial charge < -0.3 is 14.5 Å². The number of rotatable bonds is 7. The summed E-state index contributed by atoms with van der Waals surface area (Å²) in [6.45, 7) is 13.3. The van der Waals surface area contributed by atoms with E-state index in [-0.39, 0.29) is 0 Å². The Balaban J connectivity index is 2.02. The Kier molecular flexibility index (Phi) is 7.09. The maximum atomic E-state index is 5.78. The zero-order chi connectivity index (χ0) is 12.7. The quantitative estimate of drug-likeness (QED) is 0.636. The van der Waals surface area contributed by atoms with Gasteiger partial charge in [0.1, 0.15) is 0 Å². The third-order valence-corrected chi connectivity index (χ3v) is 3.89. The van der Waals surface area contributed by atoms with Crippen molar-refractivity contribution in [1.82, 2.24) is 9.80 Å². The van der Waals surface area contributed by atoms with E-state index in [9.17, 15) is 0 Å². The third kappa shape index (κ3) is 5.84. The molecule has 1 heterocycles. The van der Waals surface area contributed by atoms with E-state index < -0.39 is 0 Å². The van der Waals surface area contributed by atoms with E-state index in [0.29, 0.717) is 6.04 Å². The molecule has 0 amide bonds. The first kappa shape index (κ1) is 14.9. The second kappa shape index (κ2) is 8.06. The van der Waals surface area contributed by atoms with Gasteiger partial charge in [-0.15, -0.1) is 0 Å². The van der Waals surface area contributed by atoms with Gasteiger partial charge in [-0.25, -0.2) is 0 Å². The number of hydrogen-bond acceptors (Lipinski definition) is 3. The number of ether oxygens (including phenoxy) is 1. The van der Waals surface area contributed by atoms with Crippen LogP contribution in [0.4, 0.5) is 0 Å². The van der Waals surface area contributed by atoms with Crippen LogP contribution in [0, 0.1) is 5.92 Å². The van der Waals surface area contributed by atoms with Crippen molar-refractivity contribution in [3.63, 3.8) is 0 Å². The number of piperidine rings is 1. The standard InChI is InChI=1S/C14H30N2O/c1-5-15(4)10-11-17-12-14-6-8-16(9-7-14)13(2)3/h13-14H,5-12H2,1-4H3. The second-order valence-corrected chi connectivity index (χ2v) is 5.54. The Hall–Kier alpha value is -0.120. The fraction of sp³-hybridized carbons (Fsp3) is 1.00. The van der Waals surface area contributed by atoms with Crippen molar-refractivity contribution in [2.24, 2.45) is 5.92 Å². The van der Waals surface area contributed by atoms with Crippen molar-refractivity contribution >= 4 is 0 Å². The van der Waals surface area contributed by atoms with Gasteiger partial charge in [-0.2, -0.15) is 0 Å².